The van der Waals surface area contributed by atoms with Crippen LogP contribution < -0.4 is 4.74 Å². The van der Waals surface area contributed by atoms with Crippen LogP contribution in [0.2, 0.25) is 5.02 Å². The SMILES string of the molecule is CC(O)(CCCC(F)(F)F)Cc1cc(Cl)cc2c1OCC2. The molecule has 118 valence electrons. The molecule has 2 rings (SSSR count). The van der Waals surface area contributed by atoms with E-state index in [2.05, 4.69) is 0 Å². The Hall–Kier alpha value is -0.940. The minimum absolute atomic E-state index is 0.0772. The summed E-state index contributed by atoms with van der Waals surface area (Å²) >= 11 is 6.04. The lowest BCUT2D eigenvalue weighted by atomic mass is 9.90. The van der Waals surface area contributed by atoms with Crippen LogP contribution in [0.5, 0.6) is 5.75 Å². The monoisotopic (exact) mass is 322 g/mol. The van der Waals surface area contributed by atoms with Crippen molar-refractivity contribution in [1.29, 1.82) is 0 Å². The Bertz CT molecular complexity index is 512. The molecule has 6 heteroatoms. The normalized spacial score (nSPS) is 17.2. The molecule has 0 saturated heterocycles. The van der Waals surface area contributed by atoms with Crippen molar-refractivity contribution in [3.05, 3.63) is 28.3 Å². The minimum Gasteiger partial charge on any atom is -0.493 e. The van der Waals surface area contributed by atoms with E-state index in [9.17, 15) is 18.3 Å². The van der Waals surface area contributed by atoms with E-state index in [-0.39, 0.29) is 19.3 Å². The van der Waals surface area contributed by atoms with E-state index >= 15 is 0 Å². The Morgan fingerprint density at radius 3 is 2.67 bits per heavy atom. The Morgan fingerprint density at radius 1 is 1.29 bits per heavy atom. The largest absolute Gasteiger partial charge is 0.493 e. The molecule has 1 aliphatic rings. The maximum atomic E-state index is 12.2. The highest BCUT2D eigenvalue weighted by molar-refractivity contribution is 6.30. The summed E-state index contributed by atoms with van der Waals surface area (Å²) in [5, 5.41) is 10.9. The number of aliphatic hydroxyl groups is 1. The van der Waals surface area contributed by atoms with Gasteiger partial charge in [0.1, 0.15) is 5.75 Å². The topological polar surface area (TPSA) is 29.5 Å². The van der Waals surface area contributed by atoms with Gasteiger partial charge < -0.3 is 9.84 Å². The molecular formula is C15H18ClF3O2. The molecule has 0 radical (unpaired) electrons. The van der Waals surface area contributed by atoms with Crippen LogP contribution in [0.4, 0.5) is 13.2 Å². The maximum absolute atomic E-state index is 12.2. The zero-order valence-corrected chi connectivity index (χ0v) is 12.5. The van der Waals surface area contributed by atoms with E-state index in [1.165, 1.54) is 0 Å². The first-order chi connectivity index (χ1) is 9.66. The van der Waals surface area contributed by atoms with Crippen LogP contribution in [0.25, 0.3) is 0 Å². The van der Waals surface area contributed by atoms with Gasteiger partial charge in [0.05, 0.1) is 12.2 Å². The van der Waals surface area contributed by atoms with Gasteiger partial charge in [0, 0.05) is 24.3 Å². The fourth-order valence-corrected chi connectivity index (χ4v) is 2.91. The Kier molecular flexibility index (Phi) is 4.73. The summed E-state index contributed by atoms with van der Waals surface area (Å²) in [6.45, 7) is 2.12. The molecule has 0 spiro atoms. The second-order valence-corrected chi connectivity index (χ2v) is 6.23. The fourth-order valence-electron chi connectivity index (χ4n) is 2.65. The van der Waals surface area contributed by atoms with Crippen molar-refractivity contribution in [1.82, 2.24) is 0 Å². The van der Waals surface area contributed by atoms with E-state index < -0.39 is 18.2 Å². The average molecular weight is 323 g/mol. The van der Waals surface area contributed by atoms with Crippen molar-refractivity contribution in [2.24, 2.45) is 0 Å². The standard InChI is InChI=1S/C15H18ClF3O2/c1-14(20,4-2-5-15(17,18)19)9-11-8-12(16)7-10-3-6-21-13(10)11/h7-8,20H,2-6,9H2,1H3. The van der Waals surface area contributed by atoms with Gasteiger partial charge >= 0.3 is 6.18 Å². The van der Waals surface area contributed by atoms with Crippen LogP contribution in [0.3, 0.4) is 0 Å². The number of alkyl halides is 3. The van der Waals surface area contributed by atoms with Gasteiger partial charge in [0.25, 0.3) is 0 Å². The second-order valence-electron chi connectivity index (χ2n) is 5.79. The van der Waals surface area contributed by atoms with E-state index in [1.54, 1.807) is 13.0 Å². The van der Waals surface area contributed by atoms with Gasteiger partial charge in [-0.1, -0.05) is 11.6 Å². The molecule has 0 fully saturated rings. The highest BCUT2D eigenvalue weighted by Crippen LogP contribution is 2.36. The molecule has 1 aromatic carbocycles. The van der Waals surface area contributed by atoms with Crippen molar-refractivity contribution in [2.75, 3.05) is 6.61 Å². The zero-order chi connectivity index (χ0) is 15.7. The molecule has 0 saturated carbocycles. The van der Waals surface area contributed by atoms with Crippen LogP contribution in [0.1, 0.15) is 37.3 Å². The third-order valence-corrected chi connectivity index (χ3v) is 3.79. The minimum atomic E-state index is -4.18. The van der Waals surface area contributed by atoms with Gasteiger partial charge in [-0.3, -0.25) is 0 Å². The Morgan fingerprint density at radius 2 is 2.00 bits per heavy atom. The van der Waals surface area contributed by atoms with Gasteiger partial charge in [-0.25, -0.2) is 0 Å². The number of hydrogen-bond acceptors (Lipinski definition) is 2. The van der Waals surface area contributed by atoms with Crippen LogP contribution in [-0.2, 0) is 12.8 Å². The molecule has 1 aliphatic heterocycles. The summed E-state index contributed by atoms with van der Waals surface area (Å²) in [7, 11) is 0. The zero-order valence-electron chi connectivity index (χ0n) is 11.8. The van der Waals surface area contributed by atoms with E-state index in [0.717, 1.165) is 23.3 Å². The molecular weight excluding hydrogens is 305 g/mol. The van der Waals surface area contributed by atoms with Crippen molar-refractivity contribution in [3.63, 3.8) is 0 Å². The van der Waals surface area contributed by atoms with E-state index in [1.807, 2.05) is 6.07 Å². The van der Waals surface area contributed by atoms with E-state index in [4.69, 9.17) is 16.3 Å². The van der Waals surface area contributed by atoms with Gasteiger partial charge in [0.2, 0.25) is 0 Å². The molecule has 0 bridgehead atoms. The Labute approximate surface area is 126 Å². The fraction of sp³-hybridized carbons (Fsp3) is 0.600. The number of halogens is 4. The maximum Gasteiger partial charge on any atom is 0.389 e. The summed E-state index contributed by atoms with van der Waals surface area (Å²) in [6, 6.07) is 3.54. The average Bonchev–Trinajstić information content (AvgIpc) is 2.73. The predicted octanol–water partition coefficient (Wildman–Crippen LogP) is 4.30. The van der Waals surface area contributed by atoms with E-state index in [0.29, 0.717) is 11.6 Å². The molecule has 0 amide bonds. The third kappa shape index (κ3) is 4.78. The molecule has 2 nitrogen and oxygen atoms in total. The van der Waals surface area contributed by atoms with Crippen molar-refractivity contribution in [2.45, 2.75) is 50.8 Å². The number of ether oxygens (including phenoxy) is 1. The first-order valence-corrected chi connectivity index (χ1v) is 7.27. The lowest BCUT2D eigenvalue weighted by Crippen LogP contribution is -2.28. The molecule has 1 unspecified atom stereocenters. The van der Waals surface area contributed by atoms with Crippen LogP contribution >= 0.6 is 11.6 Å². The molecule has 1 heterocycles. The highest BCUT2D eigenvalue weighted by Gasteiger charge is 2.30. The summed E-state index contributed by atoms with van der Waals surface area (Å²) < 4.78 is 42.1. The lowest BCUT2D eigenvalue weighted by Gasteiger charge is -2.24. The van der Waals surface area contributed by atoms with Crippen LogP contribution in [-0.4, -0.2) is 23.5 Å². The van der Waals surface area contributed by atoms with Gasteiger partial charge in [-0.15, -0.1) is 0 Å². The van der Waals surface area contributed by atoms with Crippen LogP contribution in [0.15, 0.2) is 12.1 Å². The summed E-state index contributed by atoms with van der Waals surface area (Å²) in [5.41, 5.74) is 0.533. The smallest absolute Gasteiger partial charge is 0.389 e. The summed E-state index contributed by atoms with van der Waals surface area (Å²) in [5.74, 6) is 0.718. The number of benzene rings is 1. The van der Waals surface area contributed by atoms with Crippen LogP contribution in [0, 0.1) is 0 Å². The predicted molar refractivity (Wildman–Crippen MR) is 74.9 cm³/mol. The Balaban J connectivity index is 2.03. The van der Waals surface area contributed by atoms with Crippen molar-refractivity contribution >= 4 is 11.6 Å². The molecule has 1 N–H and O–H groups in total. The molecule has 1 atom stereocenters. The van der Waals surface area contributed by atoms with Gasteiger partial charge in [-0.2, -0.15) is 13.2 Å². The first kappa shape index (κ1) is 16.4. The van der Waals surface area contributed by atoms with Gasteiger partial charge in [0.15, 0.2) is 0 Å². The highest BCUT2D eigenvalue weighted by atomic mass is 35.5. The van der Waals surface area contributed by atoms with Crippen molar-refractivity contribution < 1.29 is 23.0 Å². The second kappa shape index (κ2) is 6.05. The van der Waals surface area contributed by atoms with Crippen molar-refractivity contribution in [3.8, 4) is 5.75 Å². The van der Waals surface area contributed by atoms with Gasteiger partial charge in [-0.05, 0) is 43.0 Å². The molecule has 0 aromatic heterocycles. The molecule has 21 heavy (non-hydrogen) atoms. The first-order valence-electron chi connectivity index (χ1n) is 6.89. The lowest BCUT2D eigenvalue weighted by molar-refractivity contribution is -0.137. The third-order valence-electron chi connectivity index (χ3n) is 3.57. The summed E-state index contributed by atoms with van der Waals surface area (Å²) in [6.07, 6.45) is -4.09. The molecule has 0 aliphatic carbocycles. The summed E-state index contributed by atoms with van der Waals surface area (Å²) in [4.78, 5) is 0. The quantitative estimate of drug-likeness (QED) is 0.875. The number of fused-ring (bicyclic) bond motifs is 1. The number of hydrogen-bond donors (Lipinski definition) is 1. The number of rotatable bonds is 5. The molecule has 1 aromatic rings.